The lowest BCUT2D eigenvalue weighted by Crippen LogP contribution is -2.31. The van der Waals surface area contributed by atoms with Crippen molar-refractivity contribution in [3.05, 3.63) is 47.5 Å². The molecule has 0 aliphatic rings. The van der Waals surface area contributed by atoms with Gasteiger partial charge in [-0.3, -0.25) is 9.89 Å². The van der Waals surface area contributed by atoms with Crippen molar-refractivity contribution in [2.24, 2.45) is 0 Å². The van der Waals surface area contributed by atoms with E-state index >= 15 is 0 Å². The van der Waals surface area contributed by atoms with Crippen LogP contribution in [0.15, 0.2) is 30.5 Å². The third-order valence-electron chi connectivity index (χ3n) is 2.81. The van der Waals surface area contributed by atoms with Gasteiger partial charge in [-0.2, -0.15) is 5.10 Å². The topological polar surface area (TPSA) is 75.0 Å². The molecule has 0 saturated heterocycles. The zero-order chi connectivity index (χ0) is 13.8. The Balaban J connectivity index is 2.17. The molecule has 100 valence electrons. The second kappa shape index (κ2) is 5.51. The minimum atomic E-state index is -0.318. The van der Waals surface area contributed by atoms with E-state index in [1.807, 2.05) is 6.92 Å². The number of rotatable bonds is 4. The molecule has 6 heteroatoms. The van der Waals surface area contributed by atoms with Gasteiger partial charge in [0.15, 0.2) is 0 Å². The van der Waals surface area contributed by atoms with Crippen molar-refractivity contribution < 1.29 is 9.18 Å². The number of hydrogen-bond acceptors (Lipinski definition) is 3. The van der Waals surface area contributed by atoms with E-state index in [1.54, 1.807) is 17.0 Å². The third kappa shape index (κ3) is 2.90. The molecule has 1 amide bonds. The quantitative estimate of drug-likeness (QED) is 0.882. The highest BCUT2D eigenvalue weighted by Gasteiger charge is 2.18. The Kier molecular flexibility index (Phi) is 3.79. The van der Waals surface area contributed by atoms with Crippen LogP contribution in [-0.4, -0.2) is 27.5 Å². The highest BCUT2D eigenvalue weighted by Crippen LogP contribution is 2.13. The molecule has 2 aromatic rings. The number of anilines is 1. The lowest BCUT2D eigenvalue weighted by Gasteiger charge is -2.20. The van der Waals surface area contributed by atoms with E-state index in [4.69, 9.17) is 5.73 Å². The van der Waals surface area contributed by atoms with Gasteiger partial charge in [0.05, 0.1) is 11.9 Å². The summed E-state index contributed by atoms with van der Waals surface area (Å²) in [7, 11) is 0. The molecule has 1 aromatic heterocycles. The summed E-state index contributed by atoms with van der Waals surface area (Å²) in [5, 5.41) is 6.30. The molecule has 0 radical (unpaired) electrons. The molecule has 0 aliphatic carbocycles. The second-order valence-corrected chi connectivity index (χ2v) is 4.15. The monoisotopic (exact) mass is 262 g/mol. The first-order valence-corrected chi connectivity index (χ1v) is 5.94. The van der Waals surface area contributed by atoms with Crippen LogP contribution in [0.1, 0.15) is 23.0 Å². The van der Waals surface area contributed by atoms with E-state index < -0.39 is 0 Å². The van der Waals surface area contributed by atoms with Crippen LogP contribution in [-0.2, 0) is 6.54 Å². The molecule has 3 N–H and O–H groups in total. The Morgan fingerprint density at radius 3 is 2.89 bits per heavy atom. The summed E-state index contributed by atoms with van der Waals surface area (Å²) in [6.45, 7) is 2.67. The average Bonchev–Trinajstić information content (AvgIpc) is 2.81. The molecule has 0 fully saturated rings. The maximum atomic E-state index is 13.1. The number of aromatic amines is 1. The molecule has 0 spiro atoms. The second-order valence-electron chi connectivity index (χ2n) is 4.15. The number of amides is 1. The summed E-state index contributed by atoms with van der Waals surface area (Å²) >= 11 is 0. The molecule has 1 aromatic carbocycles. The van der Waals surface area contributed by atoms with Crippen molar-refractivity contribution in [1.29, 1.82) is 0 Å². The van der Waals surface area contributed by atoms with Crippen LogP contribution >= 0.6 is 0 Å². The minimum absolute atomic E-state index is 0.248. The van der Waals surface area contributed by atoms with Gasteiger partial charge in [0.1, 0.15) is 11.5 Å². The Bertz CT molecular complexity index is 582. The number of aromatic nitrogens is 2. The van der Waals surface area contributed by atoms with Gasteiger partial charge >= 0.3 is 0 Å². The van der Waals surface area contributed by atoms with E-state index in [9.17, 15) is 9.18 Å². The van der Waals surface area contributed by atoms with E-state index in [2.05, 4.69) is 10.2 Å². The van der Waals surface area contributed by atoms with Crippen molar-refractivity contribution in [3.8, 4) is 0 Å². The van der Waals surface area contributed by atoms with Gasteiger partial charge in [0, 0.05) is 13.1 Å². The number of nitrogen functional groups attached to an aromatic ring is 1. The Morgan fingerprint density at radius 2 is 2.32 bits per heavy atom. The van der Waals surface area contributed by atoms with Crippen LogP contribution in [0.2, 0.25) is 0 Å². The van der Waals surface area contributed by atoms with Crippen molar-refractivity contribution in [3.63, 3.8) is 0 Å². The van der Waals surface area contributed by atoms with E-state index in [0.717, 1.165) is 5.56 Å². The number of halogens is 1. The van der Waals surface area contributed by atoms with Crippen LogP contribution < -0.4 is 5.73 Å². The van der Waals surface area contributed by atoms with Gasteiger partial charge in [0.2, 0.25) is 0 Å². The predicted octanol–water partition coefficient (Wildman–Crippen LogP) is 1.79. The van der Waals surface area contributed by atoms with Crippen LogP contribution in [0, 0.1) is 5.82 Å². The fraction of sp³-hybridized carbons (Fsp3) is 0.231. The Hall–Kier alpha value is -2.37. The maximum absolute atomic E-state index is 13.1. The van der Waals surface area contributed by atoms with Crippen LogP contribution in [0.3, 0.4) is 0 Å². The van der Waals surface area contributed by atoms with E-state index in [1.165, 1.54) is 18.3 Å². The Morgan fingerprint density at radius 1 is 1.53 bits per heavy atom. The number of carbonyl (C=O) groups is 1. The molecule has 2 rings (SSSR count). The van der Waals surface area contributed by atoms with Gasteiger partial charge < -0.3 is 10.6 Å². The number of nitrogens with two attached hydrogens (primary N) is 1. The lowest BCUT2D eigenvalue weighted by molar-refractivity contribution is 0.0747. The maximum Gasteiger partial charge on any atom is 0.274 e. The number of H-pyrrole nitrogens is 1. The predicted molar refractivity (Wildman–Crippen MR) is 69.8 cm³/mol. The van der Waals surface area contributed by atoms with Gasteiger partial charge in [-0.1, -0.05) is 12.1 Å². The van der Waals surface area contributed by atoms with Crippen LogP contribution in [0.25, 0.3) is 0 Å². The summed E-state index contributed by atoms with van der Waals surface area (Å²) < 4.78 is 13.1. The zero-order valence-electron chi connectivity index (χ0n) is 10.6. The van der Waals surface area contributed by atoms with Crippen molar-refractivity contribution in [2.75, 3.05) is 12.3 Å². The number of nitrogens with one attached hydrogen (secondary N) is 1. The number of hydrogen-bond donors (Lipinski definition) is 2. The molecule has 5 nitrogen and oxygen atoms in total. The van der Waals surface area contributed by atoms with Gasteiger partial charge in [-0.25, -0.2) is 4.39 Å². The van der Waals surface area contributed by atoms with Crippen LogP contribution in [0.5, 0.6) is 0 Å². The number of nitrogens with zero attached hydrogens (tertiary/aromatic N) is 2. The molecular weight excluding hydrogens is 247 g/mol. The van der Waals surface area contributed by atoms with Gasteiger partial charge in [-0.05, 0) is 24.6 Å². The zero-order valence-corrected chi connectivity index (χ0v) is 10.6. The molecule has 0 aliphatic heterocycles. The fourth-order valence-electron chi connectivity index (χ4n) is 1.81. The molecular formula is C13H15FN4O. The van der Waals surface area contributed by atoms with Gasteiger partial charge in [-0.15, -0.1) is 0 Å². The number of benzene rings is 1. The summed E-state index contributed by atoms with van der Waals surface area (Å²) in [6.07, 6.45) is 1.39. The lowest BCUT2D eigenvalue weighted by atomic mass is 10.2. The standard InChI is InChI=1S/C13H15FN4O/c1-2-18(8-9-4-3-5-10(14)6-9)13(19)12-11(15)7-16-17-12/h3-7H,2,8,15H2,1H3,(H,16,17). The smallest absolute Gasteiger partial charge is 0.274 e. The van der Waals surface area contributed by atoms with Crippen molar-refractivity contribution in [2.45, 2.75) is 13.5 Å². The van der Waals surface area contributed by atoms with Crippen molar-refractivity contribution >= 4 is 11.6 Å². The highest BCUT2D eigenvalue weighted by atomic mass is 19.1. The van der Waals surface area contributed by atoms with E-state index in [-0.39, 0.29) is 17.4 Å². The first kappa shape index (κ1) is 13.1. The summed E-state index contributed by atoms with van der Waals surface area (Å²) in [5.41, 5.74) is 6.95. The molecule has 0 saturated carbocycles. The summed E-state index contributed by atoms with van der Waals surface area (Å²) in [4.78, 5) is 13.8. The molecule has 0 bridgehead atoms. The molecule has 1 heterocycles. The Labute approximate surface area is 110 Å². The molecule has 19 heavy (non-hydrogen) atoms. The molecule has 0 unspecified atom stereocenters. The normalized spacial score (nSPS) is 10.4. The fourth-order valence-corrected chi connectivity index (χ4v) is 1.81. The minimum Gasteiger partial charge on any atom is -0.396 e. The first-order chi connectivity index (χ1) is 9.11. The van der Waals surface area contributed by atoms with Crippen LogP contribution in [0.4, 0.5) is 10.1 Å². The summed E-state index contributed by atoms with van der Waals surface area (Å²) in [5.74, 6) is -0.566. The first-order valence-electron chi connectivity index (χ1n) is 5.94. The largest absolute Gasteiger partial charge is 0.396 e. The molecule has 0 atom stereocenters. The third-order valence-corrected chi connectivity index (χ3v) is 2.81. The van der Waals surface area contributed by atoms with E-state index in [0.29, 0.717) is 18.8 Å². The highest BCUT2D eigenvalue weighted by molar-refractivity contribution is 5.96. The average molecular weight is 262 g/mol. The SMILES string of the molecule is CCN(Cc1cccc(F)c1)C(=O)c1[nH]ncc1N. The van der Waals surface area contributed by atoms with Gasteiger partial charge in [0.25, 0.3) is 5.91 Å². The summed E-state index contributed by atoms with van der Waals surface area (Å²) in [6, 6.07) is 6.17. The number of carbonyl (C=O) groups excluding carboxylic acids is 1. The van der Waals surface area contributed by atoms with Crippen molar-refractivity contribution in [1.82, 2.24) is 15.1 Å².